The second-order valence-corrected chi connectivity index (χ2v) is 6.12. The summed E-state index contributed by atoms with van der Waals surface area (Å²) in [6.07, 6.45) is -1.23. The zero-order chi connectivity index (χ0) is 20.4. The van der Waals surface area contributed by atoms with Crippen LogP contribution in [0.2, 0.25) is 0 Å². The molecule has 148 valence electrons. The summed E-state index contributed by atoms with van der Waals surface area (Å²) in [5, 5.41) is 3.73. The number of benzene rings is 2. The van der Waals surface area contributed by atoms with Crippen LogP contribution in [-0.2, 0) is 6.18 Å². The van der Waals surface area contributed by atoms with Gasteiger partial charge in [0.2, 0.25) is 11.8 Å². The topological polar surface area (TPSA) is 72.1 Å². The molecule has 4 aromatic rings. The van der Waals surface area contributed by atoms with Gasteiger partial charge in [-0.3, -0.25) is 0 Å². The molecule has 0 aliphatic heterocycles. The Balaban J connectivity index is 1.57. The van der Waals surface area contributed by atoms with Gasteiger partial charge in [0.1, 0.15) is 11.5 Å². The van der Waals surface area contributed by atoms with Gasteiger partial charge in [0.05, 0.1) is 12.7 Å². The molecule has 2 aromatic heterocycles. The van der Waals surface area contributed by atoms with Crippen molar-refractivity contribution in [3.05, 3.63) is 66.5 Å². The van der Waals surface area contributed by atoms with E-state index in [0.29, 0.717) is 5.75 Å². The van der Waals surface area contributed by atoms with Crippen LogP contribution in [0.3, 0.4) is 0 Å². The van der Waals surface area contributed by atoms with E-state index in [1.807, 2.05) is 24.4 Å². The molecule has 0 aliphatic carbocycles. The van der Waals surface area contributed by atoms with E-state index in [-0.39, 0.29) is 23.3 Å². The highest BCUT2D eigenvalue weighted by Gasteiger charge is 2.31. The Labute approximate surface area is 163 Å². The van der Waals surface area contributed by atoms with Gasteiger partial charge < -0.3 is 19.8 Å². The number of halogens is 3. The highest BCUT2D eigenvalue weighted by Crippen LogP contribution is 2.34. The SMILES string of the molecule is COc1cc(Nc2nccc(Oc3ccc4[nH]ccc4c3)n2)cc(C(F)(F)F)c1. The number of alkyl halides is 3. The molecule has 0 unspecified atom stereocenters. The molecular formula is C20H15F3N4O2. The predicted octanol–water partition coefficient (Wildman–Crippen LogP) is 5.52. The van der Waals surface area contributed by atoms with Crippen LogP contribution in [0, 0.1) is 0 Å². The van der Waals surface area contributed by atoms with Crippen LogP contribution in [0.1, 0.15) is 5.56 Å². The zero-order valence-corrected chi connectivity index (χ0v) is 15.1. The normalized spacial score (nSPS) is 11.4. The van der Waals surface area contributed by atoms with Crippen molar-refractivity contribution in [1.82, 2.24) is 15.0 Å². The standard InChI is InChI=1S/C20H15F3N4O2/c1-28-16-10-13(20(21,22)23)9-14(11-16)26-19-25-7-5-18(27-19)29-15-2-3-17-12(8-15)4-6-24-17/h2-11,24H,1H3,(H,25,26,27). The van der Waals surface area contributed by atoms with E-state index in [1.54, 1.807) is 12.1 Å². The lowest BCUT2D eigenvalue weighted by Crippen LogP contribution is -2.07. The molecule has 2 heterocycles. The molecule has 2 aromatic carbocycles. The van der Waals surface area contributed by atoms with Crippen molar-refractivity contribution < 1.29 is 22.6 Å². The monoisotopic (exact) mass is 400 g/mol. The number of hydrogen-bond acceptors (Lipinski definition) is 5. The van der Waals surface area contributed by atoms with Crippen molar-refractivity contribution in [3.8, 4) is 17.4 Å². The number of aromatic amines is 1. The molecule has 2 N–H and O–H groups in total. The summed E-state index contributed by atoms with van der Waals surface area (Å²) in [4.78, 5) is 11.3. The maximum Gasteiger partial charge on any atom is 0.416 e. The maximum atomic E-state index is 13.1. The quantitative estimate of drug-likeness (QED) is 0.461. The van der Waals surface area contributed by atoms with Crippen LogP contribution in [0.5, 0.6) is 17.4 Å². The van der Waals surface area contributed by atoms with E-state index in [2.05, 4.69) is 20.3 Å². The molecule has 0 fully saturated rings. The van der Waals surface area contributed by atoms with Gasteiger partial charge in [-0.25, -0.2) is 4.98 Å². The van der Waals surface area contributed by atoms with Gasteiger partial charge in [-0.15, -0.1) is 0 Å². The van der Waals surface area contributed by atoms with E-state index in [4.69, 9.17) is 9.47 Å². The fourth-order valence-corrected chi connectivity index (χ4v) is 2.76. The maximum absolute atomic E-state index is 13.1. The Hall–Kier alpha value is -3.75. The molecule has 6 nitrogen and oxygen atoms in total. The van der Waals surface area contributed by atoms with Gasteiger partial charge in [-0.1, -0.05) is 0 Å². The van der Waals surface area contributed by atoms with E-state index >= 15 is 0 Å². The third-order valence-electron chi connectivity index (χ3n) is 4.10. The number of nitrogens with one attached hydrogen (secondary N) is 2. The number of aromatic nitrogens is 3. The summed E-state index contributed by atoms with van der Waals surface area (Å²) >= 11 is 0. The fraction of sp³-hybridized carbons (Fsp3) is 0.100. The predicted molar refractivity (Wildman–Crippen MR) is 102 cm³/mol. The summed E-state index contributed by atoms with van der Waals surface area (Å²) < 4.78 is 49.9. The Morgan fingerprint density at radius 2 is 1.86 bits per heavy atom. The van der Waals surface area contributed by atoms with Crippen molar-refractivity contribution in [1.29, 1.82) is 0 Å². The van der Waals surface area contributed by atoms with Crippen LogP contribution in [-0.4, -0.2) is 22.1 Å². The number of methoxy groups -OCH3 is 1. The number of H-pyrrole nitrogens is 1. The molecule has 4 rings (SSSR count). The minimum atomic E-state index is -4.51. The van der Waals surface area contributed by atoms with E-state index < -0.39 is 11.7 Å². The number of fused-ring (bicyclic) bond motifs is 1. The first-order valence-electron chi connectivity index (χ1n) is 8.52. The Morgan fingerprint density at radius 3 is 2.66 bits per heavy atom. The van der Waals surface area contributed by atoms with Crippen LogP contribution in [0.15, 0.2) is 60.9 Å². The Bertz CT molecular complexity index is 1160. The molecule has 29 heavy (non-hydrogen) atoms. The summed E-state index contributed by atoms with van der Waals surface area (Å²) in [5.41, 5.74) is 0.273. The summed E-state index contributed by atoms with van der Waals surface area (Å²) in [7, 11) is 1.30. The van der Waals surface area contributed by atoms with E-state index in [9.17, 15) is 13.2 Å². The van der Waals surface area contributed by atoms with Crippen LogP contribution < -0.4 is 14.8 Å². The van der Waals surface area contributed by atoms with Crippen molar-refractivity contribution in [3.63, 3.8) is 0 Å². The minimum Gasteiger partial charge on any atom is -0.497 e. The van der Waals surface area contributed by atoms with Crippen LogP contribution >= 0.6 is 0 Å². The molecule has 0 saturated carbocycles. The number of nitrogens with zero attached hydrogens (tertiary/aromatic N) is 2. The lowest BCUT2D eigenvalue weighted by molar-refractivity contribution is -0.137. The highest BCUT2D eigenvalue weighted by molar-refractivity contribution is 5.80. The third kappa shape index (κ3) is 4.23. The molecule has 0 spiro atoms. The molecule has 0 saturated heterocycles. The first-order chi connectivity index (χ1) is 13.9. The van der Waals surface area contributed by atoms with Gasteiger partial charge in [0.15, 0.2) is 0 Å². The highest BCUT2D eigenvalue weighted by atomic mass is 19.4. The third-order valence-corrected chi connectivity index (χ3v) is 4.10. The average Bonchev–Trinajstić information content (AvgIpc) is 3.15. The average molecular weight is 400 g/mol. The first kappa shape index (κ1) is 18.6. The molecule has 9 heteroatoms. The molecule has 0 aliphatic rings. The van der Waals surface area contributed by atoms with Gasteiger partial charge in [-0.2, -0.15) is 18.2 Å². The second kappa shape index (κ2) is 7.34. The van der Waals surface area contributed by atoms with Gasteiger partial charge in [0.25, 0.3) is 0 Å². The fourth-order valence-electron chi connectivity index (χ4n) is 2.76. The molecule has 0 radical (unpaired) electrons. The van der Waals surface area contributed by atoms with Crippen LogP contribution in [0.4, 0.5) is 24.8 Å². The van der Waals surface area contributed by atoms with Gasteiger partial charge in [-0.05, 0) is 36.4 Å². The number of anilines is 2. The molecule has 0 amide bonds. The molecule has 0 bridgehead atoms. The smallest absolute Gasteiger partial charge is 0.416 e. The van der Waals surface area contributed by atoms with Crippen LogP contribution in [0.25, 0.3) is 10.9 Å². The van der Waals surface area contributed by atoms with E-state index in [0.717, 1.165) is 23.0 Å². The summed E-state index contributed by atoms with van der Waals surface area (Å²) in [6.45, 7) is 0. The zero-order valence-electron chi connectivity index (χ0n) is 15.1. The van der Waals surface area contributed by atoms with E-state index in [1.165, 1.54) is 19.4 Å². The van der Waals surface area contributed by atoms with Crippen molar-refractivity contribution >= 4 is 22.5 Å². The van der Waals surface area contributed by atoms with Gasteiger partial charge >= 0.3 is 6.18 Å². The van der Waals surface area contributed by atoms with Crippen molar-refractivity contribution in [2.45, 2.75) is 6.18 Å². The van der Waals surface area contributed by atoms with Gasteiger partial charge in [0, 0.05) is 41.1 Å². The lowest BCUT2D eigenvalue weighted by atomic mass is 10.2. The molecular weight excluding hydrogens is 385 g/mol. The largest absolute Gasteiger partial charge is 0.497 e. The number of hydrogen-bond donors (Lipinski definition) is 2. The second-order valence-electron chi connectivity index (χ2n) is 6.12. The Morgan fingerprint density at radius 1 is 1.00 bits per heavy atom. The van der Waals surface area contributed by atoms with Crippen molar-refractivity contribution in [2.24, 2.45) is 0 Å². The lowest BCUT2D eigenvalue weighted by Gasteiger charge is -2.13. The summed E-state index contributed by atoms with van der Waals surface area (Å²) in [5.74, 6) is 0.972. The molecule has 0 atom stereocenters. The first-order valence-corrected chi connectivity index (χ1v) is 8.52. The summed E-state index contributed by atoms with van der Waals surface area (Å²) in [6, 6.07) is 12.3. The number of rotatable bonds is 5. The van der Waals surface area contributed by atoms with Crippen molar-refractivity contribution in [2.75, 3.05) is 12.4 Å². The minimum absolute atomic E-state index is 0.0644. The number of ether oxygens (including phenoxy) is 2. The Kier molecular flexibility index (Phi) is 4.71.